The molecule has 4 nitrogen and oxygen atoms in total. The van der Waals surface area contributed by atoms with Gasteiger partial charge in [0.1, 0.15) is 0 Å². The van der Waals surface area contributed by atoms with E-state index in [1.807, 2.05) is 0 Å². The Morgan fingerprint density at radius 1 is 1.46 bits per heavy atom. The minimum atomic E-state index is 0.452. The molecule has 1 N–H and O–H groups in total. The molecule has 1 heterocycles. The van der Waals surface area contributed by atoms with Crippen LogP contribution in [0.2, 0.25) is 0 Å². The molecular weight excluding hydrogens is 164 g/mol. The molecule has 1 rings (SSSR count). The third kappa shape index (κ3) is 3.31. The van der Waals surface area contributed by atoms with Gasteiger partial charge in [-0.2, -0.15) is 5.26 Å². The van der Waals surface area contributed by atoms with E-state index in [9.17, 15) is 0 Å². The highest BCUT2D eigenvalue weighted by Crippen LogP contribution is 2.04. The second-order valence-corrected chi connectivity index (χ2v) is 3.69. The van der Waals surface area contributed by atoms with Crippen molar-refractivity contribution in [2.45, 2.75) is 6.04 Å². The summed E-state index contributed by atoms with van der Waals surface area (Å²) in [6.45, 7) is 4.72. The molecule has 13 heavy (non-hydrogen) atoms. The number of nitrogens with one attached hydrogen (secondary N) is 1. The van der Waals surface area contributed by atoms with Gasteiger partial charge >= 0.3 is 0 Å². The van der Waals surface area contributed by atoms with Gasteiger partial charge in [0.2, 0.25) is 0 Å². The Morgan fingerprint density at radius 2 is 2.23 bits per heavy atom. The van der Waals surface area contributed by atoms with E-state index in [0.29, 0.717) is 12.6 Å². The first-order chi connectivity index (χ1) is 6.24. The number of hydrogen-bond donors (Lipinski definition) is 1. The van der Waals surface area contributed by atoms with Crippen LogP contribution in [0.4, 0.5) is 0 Å². The fourth-order valence-corrected chi connectivity index (χ4v) is 1.62. The third-order valence-corrected chi connectivity index (χ3v) is 2.56. The Balaban J connectivity index is 2.26. The number of piperazine rings is 1. The van der Waals surface area contributed by atoms with Crippen LogP contribution in [0.3, 0.4) is 0 Å². The molecule has 1 saturated heterocycles. The van der Waals surface area contributed by atoms with Crippen molar-refractivity contribution < 1.29 is 0 Å². The Morgan fingerprint density at radius 3 is 2.92 bits per heavy atom. The van der Waals surface area contributed by atoms with Crippen molar-refractivity contribution >= 4 is 0 Å². The minimum absolute atomic E-state index is 0.452. The Hall–Kier alpha value is -0.630. The average Bonchev–Trinajstić information content (AvgIpc) is 2.11. The Bertz CT molecular complexity index is 187. The van der Waals surface area contributed by atoms with Crippen molar-refractivity contribution in [2.24, 2.45) is 0 Å². The van der Waals surface area contributed by atoms with Crippen LogP contribution in [0.15, 0.2) is 0 Å². The van der Waals surface area contributed by atoms with Gasteiger partial charge in [-0.1, -0.05) is 0 Å². The van der Waals surface area contributed by atoms with Crippen LogP contribution in [0.5, 0.6) is 0 Å². The summed E-state index contributed by atoms with van der Waals surface area (Å²) in [6, 6.07) is 2.64. The summed E-state index contributed by atoms with van der Waals surface area (Å²) in [5, 5.41) is 11.5. The van der Waals surface area contributed by atoms with Crippen LogP contribution in [-0.4, -0.2) is 62.7 Å². The summed E-state index contributed by atoms with van der Waals surface area (Å²) < 4.78 is 0. The van der Waals surface area contributed by atoms with E-state index in [0.717, 1.165) is 26.2 Å². The average molecular weight is 182 g/mol. The lowest BCUT2D eigenvalue weighted by molar-refractivity contribution is 0.114. The summed E-state index contributed by atoms with van der Waals surface area (Å²) in [5.74, 6) is 0. The summed E-state index contributed by atoms with van der Waals surface area (Å²) in [5.41, 5.74) is 0. The van der Waals surface area contributed by atoms with Gasteiger partial charge in [0, 0.05) is 32.2 Å². The molecule has 1 aliphatic rings. The quantitative estimate of drug-likeness (QED) is 0.465. The Kier molecular flexibility index (Phi) is 4.16. The van der Waals surface area contributed by atoms with Gasteiger partial charge in [0.05, 0.1) is 12.6 Å². The van der Waals surface area contributed by atoms with E-state index in [2.05, 4.69) is 35.3 Å². The van der Waals surface area contributed by atoms with E-state index in [1.165, 1.54) is 0 Å². The van der Waals surface area contributed by atoms with Crippen LogP contribution >= 0.6 is 0 Å². The van der Waals surface area contributed by atoms with E-state index >= 15 is 0 Å². The van der Waals surface area contributed by atoms with E-state index in [4.69, 9.17) is 5.26 Å². The maximum Gasteiger partial charge on any atom is 0.0841 e. The van der Waals surface area contributed by atoms with Crippen molar-refractivity contribution in [3.63, 3.8) is 0 Å². The number of nitrogens with zero attached hydrogens (tertiary/aromatic N) is 3. The van der Waals surface area contributed by atoms with Crippen LogP contribution in [0.25, 0.3) is 0 Å². The first-order valence-corrected chi connectivity index (χ1v) is 4.70. The number of nitriles is 1. The zero-order chi connectivity index (χ0) is 9.68. The minimum Gasteiger partial charge on any atom is -0.303 e. The standard InChI is InChI=1S/C9H18N4/c1-12-5-6-13(2)9(8-12)7-11-4-3-10/h9,11H,4-8H2,1-2H3. The van der Waals surface area contributed by atoms with Crippen LogP contribution < -0.4 is 5.32 Å². The lowest BCUT2D eigenvalue weighted by Crippen LogP contribution is -2.53. The maximum absolute atomic E-state index is 8.38. The summed E-state index contributed by atoms with van der Waals surface area (Å²) in [7, 11) is 4.29. The fraction of sp³-hybridized carbons (Fsp3) is 0.889. The SMILES string of the molecule is CN1CCN(C)C(CNCC#N)C1. The zero-order valence-corrected chi connectivity index (χ0v) is 8.45. The second kappa shape index (κ2) is 5.18. The second-order valence-electron chi connectivity index (χ2n) is 3.69. The van der Waals surface area contributed by atoms with E-state index < -0.39 is 0 Å². The molecule has 0 aromatic rings. The predicted octanol–water partition coefficient (Wildman–Crippen LogP) is -0.655. The van der Waals surface area contributed by atoms with E-state index in [1.54, 1.807) is 0 Å². The molecule has 0 spiro atoms. The molecule has 74 valence electrons. The molecule has 0 bridgehead atoms. The smallest absolute Gasteiger partial charge is 0.0841 e. The van der Waals surface area contributed by atoms with Crippen molar-refractivity contribution in [3.05, 3.63) is 0 Å². The number of rotatable bonds is 3. The summed E-state index contributed by atoms with van der Waals surface area (Å²) in [4.78, 5) is 4.68. The molecule has 0 aliphatic carbocycles. The molecule has 4 heteroatoms. The topological polar surface area (TPSA) is 42.3 Å². The highest BCUT2D eigenvalue weighted by molar-refractivity contribution is 4.82. The highest BCUT2D eigenvalue weighted by Gasteiger charge is 2.21. The normalized spacial score (nSPS) is 25.8. The molecule has 1 atom stereocenters. The number of hydrogen-bond acceptors (Lipinski definition) is 4. The molecule has 0 amide bonds. The van der Waals surface area contributed by atoms with Crippen molar-refractivity contribution in [3.8, 4) is 6.07 Å². The first kappa shape index (κ1) is 10.5. The molecule has 0 aromatic heterocycles. The maximum atomic E-state index is 8.38. The lowest BCUT2D eigenvalue weighted by Gasteiger charge is -2.37. The first-order valence-electron chi connectivity index (χ1n) is 4.70. The van der Waals surface area contributed by atoms with Gasteiger partial charge in [-0.25, -0.2) is 0 Å². The van der Waals surface area contributed by atoms with Crippen LogP contribution in [0, 0.1) is 11.3 Å². The molecule has 0 aromatic carbocycles. The van der Waals surface area contributed by atoms with Gasteiger partial charge in [-0.15, -0.1) is 0 Å². The Labute approximate surface area is 80.1 Å². The predicted molar refractivity (Wildman–Crippen MR) is 52.4 cm³/mol. The molecule has 1 unspecified atom stereocenters. The molecule has 0 radical (unpaired) electrons. The van der Waals surface area contributed by atoms with Gasteiger partial charge in [0.15, 0.2) is 0 Å². The van der Waals surface area contributed by atoms with Gasteiger partial charge in [-0.3, -0.25) is 4.90 Å². The summed E-state index contributed by atoms with van der Waals surface area (Å²) in [6.07, 6.45) is 0. The molecule has 1 fully saturated rings. The van der Waals surface area contributed by atoms with E-state index in [-0.39, 0.29) is 0 Å². The van der Waals surface area contributed by atoms with Gasteiger partial charge < -0.3 is 10.2 Å². The monoisotopic (exact) mass is 182 g/mol. The van der Waals surface area contributed by atoms with Crippen molar-refractivity contribution in [2.75, 3.05) is 46.8 Å². The lowest BCUT2D eigenvalue weighted by atomic mass is 10.2. The zero-order valence-electron chi connectivity index (χ0n) is 8.45. The highest BCUT2D eigenvalue weighted by atomic mass is 15.3. The van der Waals surface area contributed by atoms with Crippen molar-refractivity contribution in [1.29, 1.82) is 5.26 Å². The van der Waals surface area contributed by atoms with Crippen LogP contribution in [0.1, 0.15) is 0 Å². The summed E-state index contributed by atoms with van der Waals surface area (Å²) >= 11 is 0. The largest absolute Gasteiger partial charge is 0.303 e. The van der Waals surface area contributed by atoms with Gasteiger partial charge in [0.25, 0.3) is 0 Å². The molecule has 0 saturated carbocycles. The van der Waals surface area contributed by atoms with Crippen molar-refractivity contribution in [1.82, 2.24) is 15.1 Å². The fourth-order valence-electron chi connectivity index (χ4n) is 1.62. The number of likely N-dealkylation sites (N-methyl/N-ethyl adjacent to an activating group) is 2. The van der Waals surface area contributed by atoms with Crippen LogP contribution in [-0.2, 0) is 0 Å². The molecule has 1 aliphatic heterocycles. The third-order valence-electron chi connectivity index (χ3n) is 2.56. The van der Waals surface area contributed by atoms with Gasteiger partial charge in [-0.05, 0) is 14.1 Å². The molecular formula is C9H18N4.